The number of amides is 3. The number of nitrogens with zero attached hydrogens (tertiary/aromatic N) is 1. The monoisotopic (exact) mass is 456 g/mol. The van der Waals surface area contributed by atoms with Crippen molar-refractivity contribution in [1.82, 2.24) is 15.6 Å². The number of nitrogens with one attached hydrogen (secondary N) is 3. The Morgan fingerprint density at radius 1 is 1.09 bits per heavy atom. The molecule has 1 atom stereocenters. The molecule has 3 N–H and O–H groups in total. The largest absolute Gasteiger partial charge is 0.349 e. The normalized spacial score (nSPS) is 12.9. The van der Waals surface area contributed by atoms with Gasteiger partial charge >= 0.3 is 6.03 Å². The Hall–Kier alpha value is -3.88. The van der Waals surface area contributed by atoms with Gasteiger partial charge in [-0.3, -0.25) is 4.79 Å². The molecule has 1 aliphatic rings. The predicted octanol–water partition coefficient (Wildman–Crippen LogP) is 4.63. The molecule has 0 radical (unpaired) electrons. The van der Waals surface area contributed by atoms with Gasteiger partial charge in [-0.2, -0.15) is 4.39 Å². The van der Waals surface area contributed by atoms with Gasteiger partial charge in [0.1, 0.15) is 11.6 Å². The zero-order chi connectivity index (χ0) is 23.8. The van der Waals surface area contributed by atoms with Gasteiger partial charge in [-0.05, 0) is 37.1 Å². The molecule has 3 aromatic rings. The lowest BCUT2D eigenvalue weighted by Crippen LogP contribution is -2.34. The summed E-state index contributed by atoms with van der Waals surface area (Å²) in [7, 11) is 0. The average molecular weight is 456 g/mol. The summed E-state index contributed by atoms with van der Waals surface area (Å²) in [6.45, 7) is 1.95. The maximum Gasteiger partial charge on any atom is 0.319 e. The van der Waals surface area contributed by atoms with E-state index in [0.717, 1.165) is 11.6 Å². The number of fused-ring (bicyclic) bond motifs is 1. The molecule has 0 spiro atoms. The van der Waals surface area contributed by atoms with Crippen LogP contribution in [0.3, 0.4) is 0 Å². The van der Waals surface area contributed by atoms with Crippen LogP contribution in [0.5, 0.6) is 0 Å². The number of rotatable bonds is 5. The van der Waals surface area contributed by atoms with Crippen molar-refractivity contribution >= 4 is 17.6 Å². The van der Waals surface area contributed by atoms with Gasteiger partial charge in [0.25, 0.3) is 0 Å². The lowest BCUT2D eigenvalue weighted by atomic mass is 10.1. The van der Waals surface area contributed by atoms with Crippen LogP contribution in [-0.2, 0) is 17.8 Å². The van der Waals surface area contributed by atoms with E-state index in [1.165, 1.54) is 24.3 Å². The quantitative estimate of drug-likeness (QED) is 0.490. The van der Waals surface area contributed by atoms with E-state index in [2.05, 4.69) is 20.9 Å². The molecule has 4 rings (SSSR count). The topological polar surface area (TPSA) is 83.1 Å². The van der Waals surface area contributed by atoms with E-state index >= 15 is 0 Å². The molecule has 1 aliphatic heterocycles. The molecule has 33 heavy (non-hydrogen) atoms. The molecular weight excluding hydrogens is 433 g/mol. The van der Waals surface area contributed by atoms with Crippen LogP contribution in [-0.4, -0.2) is 16.9 Å². The molecule has 172 valence electrons. The van der Waals surface area contributed by atoms with Gasteiger partial charge in [0, 0.05) is 18.1 Å². The minimum Gasteiger partial charge on any atom is -0.349 e. The maximum atomic E-state index is 13.6. The van der Waals surface area contributed by atoms with Crippen LogP contribution in [0.15, 0.2) is 60.7 Å². The Morgan fingerprint density at radius 2 is 1.85 bits per heavy atom. The van der Waals surface area contributed by atoms with E-state index in [4.69, 9.17) is 0 Å². The number of carbonyl (C=O) groups excluding carboxylic acids is 2. The molecule has 1 unspecified atom stereocenters. The summed E-state index contributed by atoms with van der Waals surface area (Å²) < 4.78 is 39.0. The Kier molecular flexibility index (Phi) is 8.01. The fraction of sp³-hybridized carbons (Fsp3) is 0.208. The molecule has 0 saturated carbocycles. The Balaban J connectivity index is 0.000000215. The highest BCUT2D eigenvalue weighted by Gasteiger charge is 2.15. The molecule has 2 aromatic carbocycles. The van der Waals surface area contributed by atoms with Gasteiger partial charge in [0.2, 0.25) is 11.9 Å². The smallest absolute Gasteiger partial charge is 0.319 e. The molecule has 3 amide bonds. The van der Waals surface area contributed by atoms with Crippen LogP contribution in [0.4, 0.5) is 23.7 Å². The van der Waals surface area contributed by atoms with Gasteiger partial charge in [-0.1, -0.05) is 36.4 Å². The first-order chi connectivity index (χ1) is 15.8. The summed E-state index contributed by atoms with van der Waals surface area (Å²) in [5.74, 6) is -1.97. The third kappa shape index (κ3) is 7.06. The number of hydrogen-bond acceptors (Lipinski definition) is 3. The summed E-state index contributed by atoms with van der Waals surface area (Å²) in [5, 5.41) is 7.72. The van der Waals surface area contributed by atoms with E-state index in [-0.39, 0.29) is 24.0 Å². The van der Waals surface area contributed by atoms with Gasteiger partial charge in [-0.25, -0.2) is 18.6 Å². The highest BCUT2D eigenvalue weighted by Crippen LogP contribution is 2.18. The van der Waals surface area contributed by atoms with Crippen LogP contribution in [0, 0.1) is 17.6 Å². The van der Waals surface area contributed by atoms with Crippen LogP contribution < -0.4 is 16.0 Å². The molecule has 1 aromatic heterocycles. The standard InChI is InChI=1S/C17H17F2NO.C7H6FN3O/c1-12(15-9-8-14(18)11-16(15)19)20-17(21)10-7-13-5-3-2-4-6-13;8-6-2-1-4-5(10-6)3-9-7(12)11-4/h2-6,8-9,11-12H,7,10H2,1H3,(H,20,21);1-2H,3H2,(H2,9,11,12). The van der Waals surface area contributed by atoms with Gasteiger partial charge in [0.05, 0.1) is 24.0 Å². The lowest BCUT2D eigenvalue weighted by Gasteiger charge is -2.16. The minimum absolute atomic E-state index is 0.157. The number of pyridine rings is 1. The minimum atomic E-state index is -0.647. The van der Waals surface area contributed by atoms with Crippen molar-refractivity contribution in [3.8, 4) is 0 Å². The van der Waals surface area contributed by atoms with Crippen molar-refractivity contribution < 1.29 is 22.8 Å². The summed E-state index contributed by atoms with van der Waals surface area (Å²) in [4.78, 5) is 26.2. The molecule has 6 nitrogen and oxygen atoms in total. The molecule has 2 heterocycles. The van der Waals surface area contributed by atoms with Crippen LogP contribution in [0.1, 0.15) is 36.2 Å². The number of hydrogen-bond donors (Lipinski definition) is 3. The van der Waals surface area contributed by atoms with Gasteiger partial charge in [0.15, 0.2) is 0 Å². The van der Waals surface area contributed by atoms with Crippen molar-refractivity contribution in [3.05, 3.63) is 95.1 Å². The fourth-order valence-corrected chi connectivity index (χ4v) is 3.20. The number of urea groups is 1. The zero-order valence-electron chi connectivity index (χ0n) is 17.9. The first-order valence-corrected chi connectivity index (χ1v) is 10.3. The summed E-state index contributed by atoms with van der Waals surface area (Å²) in [6, 6.07) is 15.0. The first kappa shape index (κ1) is 23.8. The predicted molar refractivity (Wildman–Crippen MR) is 118 cm³/mol. The van der Waals surface area contributed by atoms with E-state index < -0.39 is 23.6 Å². The van der Waals surface area contributed by atoms with Crippen molar-refractivity contribution in [3.63, 3.8) is 0 Å². The molecule has 0 bridgehead atoms. The number of aromatic nitrogens is 1. The average Bonchev–Trinajstić information content (AvgIpc) is 2.79. The second-order valence-corrected chi connectivity index (χ2v) is 7.38. The number of benzene rings is 2. The van der Waals surface area contributed by atoms with Crippen molar-refractivity contribution in [1.29, 1.82) is 0 Å². The van der Waals surface area contributed by atoms with Gasteiger partial charge < -0.3 is 16.0 Å². The highest BCUT2D eigenvalue weighted by atomic mass is 19.1. The molecule has 0 fully saturated rings. The molecule has 0 saturated heterocycles. The number of carbonyl (C=O) groups is 2. The Labute approximate surface area is 189 Å². The Morgan fingerprint density at radius 3 is 2.58 bits per heavy atom. The third-order valence-electron chi connectivity index (χ3n) is 4.89. The first-order valence-electron chi connectivity index (χ1n) is 10.3. The fourth-order valence-electron chi connectivity index (χ4n) is 3.20. The lowest BCUT2D eigenvalue weighted by molar-refractivity contribution is -0.121. The van der Waals surface area contributed by atoms with Crippen LogP contribution in [0.25, 0.3) is 0 Å². The van der Waals surface area contributed by atoms with Crippen LogP contribution in [0.2, 0.25) is 0 Å². The van der Waals surface area contributed by atoms with Gasteiger partial charge in [-0.15, -0.1) is 0 Å². The van der Waals surface area contributed by atoms with Crippen molar-refractivity contribution in [2.45, 2.75) is 32.4 Å². The SMILES string of the molecule is CC(NC(=O)CCc1ccccc1)c1ccc(F)cc1F.O=C1NCc2nc(F)ccc2N1. The van der Waals surface area contributed by atoms with E-state index in [0.29, 0.717) is 24.2 Å². The van der Waals surface area contributed by atoms with Crippen LogP contribution >= 0.6 is 0 Å². The second kappa shape index (κ2) is 11.1. The summed E-state index contributed by atoms with van der Waals surface area (Å²) >= 11 is 0. The summed E-state index contributed by atoms with van der Waals surface area (Å²) in [5.41, 5.74) is 2.45. The van der Waals surface area contributed by atoms with E-state index in [1.54, 1.807) is 6.92 Å². The highest BCUT2D eigenvalue weighted by molar-refractivity contribution is 5.91. The molecular formula is C24H23F3N4O2. The number of halogens is 3. The Bertz CT molecular complexity index is 1130. The maximum absolute atomic E-state index is 13.6. The molecule has 9 heteroatoms. The van der Waals surface area contributed by atoms with Crippen molar-refractivity contribution in [2.24, 2.45) is 0 Å². The molecule has 0 aliphatic carbocycles. The number of anilines is 1. The number of aryl methyl sites for hydroxylation is 1. The van der Waals surface area contributed by atoms with Crippen molar-refractivity contribution in [2.75, 3.05) is 5.32 Å². The van der Waals surface area contributed by atoms with E-state index in [1.807, 2.05) is 30.3 Å². The zero-order valence-corrected chi connectivity index (χ0v) is 17.9. The second-order valence-electron chi connectivity index (χ2n) is 7.38. The van der Waals surface area contributed by atoms with E-state index in [9.17, 15) is 22.8 Å². The summed E-state index contributed by atoms with van der Waals surface area (Å²) in [6.07, 6.45) is 0.961. The third-order valence-corrected chi connectivity index (χ3v) is 4.89.